The summed E-state index contributed by atoms with van der Waals surface area (Å²) in [7, 11) is 0. The predicted octanol–water partition coefficient (Wildman–Crippen LogP) is 1.91. The van der Waals surface area contributed by atoms with Crippen LogP contribution in [-0.4, -0.2) is 29.4 Å². The van der Waals surface area contributed by atoms with Crippen LogP contribution in [0.25, 0.3) is 0 Å². The Balaban J connectivity index is 2.21. The van der Waals surface area contributed by atoms with Crippen LogP contribution in [0.4, 0.5) is 0 Å². The monoisotopic (exact) mass is 224 g/mol. The lowest BCUT2D eigenvalue weighted by Crippen LogP contribution is -2.62. The Bertz CT molecular complexity index is 267. The van der Waals surface area contributed by atoms with Gasteiger partial charge in [-0.1, -0.05) is 19.8 Å². The number of nitrogens with two attached hydrogens (primary N) is 1. The van der Waals surface area contributed by atoms with Gasteiger partial charge in [-0.15, -0.1) is 0 Å². The number of likely N-dealkylation sites (tertiary alicyclic amines) is 1. The van der Waals surface area contributed by atoms with Gasteiger partial charge in [-0.3, -0.25) is 4.79 Å². The molecular formula is C13H24N2O. The minimum Gasteiger partial charge on any atom is -0.335 e. The number of hydrogen-bond donors (Lipinski definition) is 1. The van der Waals surface area contributed by atoms with Crippen molar-refractivity contribution in [2.45, 2.75) is 57.4 Å². The summed E-state index contributed by atoms with van der Waals surface area (Å²) in [6, 6.07) is 0. The van der Waals surface area contributed by atoms with E-state index >= 15 is 0 Å². The molecule has 2 unspecified atom stereocenters. The number of piperidine rings is 1. The van der Waals surface area contributed by atoms with E-state index in [1.165, 1.54) is 19.3 Å². The van der Waals surface area contributed by atoms with Crippen molar-refractivity contribution in [1.82, 2.24) is 4.90 Å². The maximum atomic E-state index is 12.1. The molecule has 2 fully saturated rings. The zero-order chi connectivity index (χ0) is 11.6. The fraction of sp³-hybridized carbons (Fsp3) is 0.923. The number of amides is 1. The van der Waals surface area contributed by atoms with Crippen molar-refractivity contribution in [2.75, 3.05) is 13.1 Å². The van der Waals surface area contributed by atoms with E-state index in [1.807, 2.05) is 0 Å². The van der Waals surface area contributed by atoms with E-state index in [2.05, 4.69) is 11.8 Å². The molecule has 0 spiro atoms. The Hall–Kier alpha value is -0.570. The van der Waals surface area contributed by atoms with Crippen molar-refractivity contribution in [1.29, 1.82) is 0 Å². The van der Waals surface area contributed by atoms with Crippen LogP contribution in [0.1, 0.15) is 51.9 Å². The van der Waals surface area contributed by atoms with Crippen molar-refractivity contribution in [3.05, 3.63) is 0 Å². The molecule has 2 rings (SSSR count). The molecule has 3 nitrogen and oxygen atoms in total. The van der Waals surface area contributed by atoms with Crippen molar-refractivity contribution in [3.63, 3.8) is 0 Å². The molecule has 1 saturated heterocycles. The fourth-order valence-corrected chi connectivity index (χ4v) is 3.49. The predicted molar refractivity (Wildman–Crippen MR) is 65.0 cm³/mol. The smallest absolute Gasteiger partial charge is 0.223 e. The van der Waals surface area contributed by atoms with Gasteiger partial charge in [0.1, 0.15) is 0 Å². The molecule has 0 aromatic carbocycles. The first-order valence-corrected chi connectivity index (χ1v) is 6.71. The van der Waals surface area contributed by atoms with Crippen LogP contribution in [0.2, 0.25) is 0 Å². The van der Waals surface area contributed by atoms with Gasteiger partial charge in [0.05, 0.1) is 5.54 Å². The first kappa shape index (κ1) is 11.9. The molecule has 2 atom stereocenters. The molecule has 92 valence electrons. The van der Waals surface area contributed by atoms with Crippen LogP contribution in [0, 0.1) is 5.92 Å². The first-order chi connectivity index (χ1) is 7.70. The third-order valence-electron chi connectivity index (χ3n) is 4.63. The standard InChI is InChI=1S/C13H24N2O/c1-11-6-2-4-8-13(11,10-14)15-9-5-3-7-12(15)16/h11H,2-10,14H2,1H3. The molecule has 1 aliphatic heterocycles. The van der Waals surface area contributed by atoms with Gasteiger partial charge in [-0.2, -0.15) is 0 Å². The summed E-state index contributed by atoms with van der Waals surface area (Å²) in [5.74, 6) is 0.902. The molecule has 16 heavy (non-hydrogen) atoms. The van der Waals surface area contributed by atoms with Gasteiger partial charge in [0.2, 0.25) is 5.91 Å². The first-order valence-electron chi connectivity index (χ1n) is 6.71. The van der Waals surface area contributed by atoms with E-state index in [0.29, 0.717) is 18.4 Å². The molecule has 1 saturated carbocycles. The maximum absolute atomic E-state index is 12.1. The van der Waals surface area contributed by atoms with E-state index in [9.17, 15) is 4.79 Å². The van der Waals surface area contributed by atoms with Crippen LogP contribution >= 0.6 is 0 Å². The second kappa shape index (κ2) is 4.74. The minimum atomic E-state index is -0.0181. The average Bonchev–Trinajstić information content (AvgIpc) is 2.31. The summed E-state index contributed by atoms with van der Waals surface area (Å²) >= 11 is 0. The van der Waals surface area contributed by atoms with Crippen molar-refractivity contribution < 1.29 is 4.79 Å². The fourth-order valence-electron chi connectivity index (χ4n) is 3.49. The summed E-state index contributed by atoms with van der Waals surface area (Å²) in [5, 5.41) is 0. The second-order valence-electron chi connectivity index (χ2n) is 5.46. The lowest BCUT2D eigenvalue weighted by molar-refractivity contribution is -0.144. The van der Waals surface area contributed by atoms with E-state index in [4.69, 9.17) is 5.73 Å². The molecule has 2 N–H and O–H groups in total. The largest absolute Gasteiger partial charge is 0.335 e. The van der Waals surface area contributed by atoms with Crippen molar-refractivity contribution >= 4 is 5.91 Å². The molecule has 1 heterocycles. The number of nitrogens with zero attached hydrogens (tertiary/aromatic N) is 1. The third-order valence-corrected chi connectivity index (χ3v) is 4.63. The van der Waals surface area contributed by atoms with Crippen LogP contribution < -0.4 is 5.73 Å². The van der Waals surface area contributed by atoms with Gasteiger partial charge < -0.3 is 10.6 Å². The highest BCUT2D eigenvalue weighted by molar-refractivity contribution is 5.77. The molecule has 0 aromatic rings. The highest BCUT2D eigenvalue weighted by atomic mass is 16.2. The minimum absolute atomic E-state index is 0.0181. The maximum Gasteiger partial charge on any atom is 0.223 e. The molecule has 0 radical (unpaired) electrons. The number of carbonyl (C=O) groups excluding carboxylic acids is 1. The van der Waals surface area contributed by atoms with Crippen LogP contribution in [-0.2, 0) is 4.79 Å². The Morgan fingerprint density at radius 1 is 1.38 bits per heavy atom. The Morgan fingerprint density at radius 2 is 2.19 bits per heavy atom. The van der Waals surface area contributed by atoms with E-state index in [1.54, 1.807) is 0 Å². The number of hydrogen-bond acceptors (Lipinski definition) is 2. The van der Waals surface area contributed by atoms with Crippen LogP contribution in [0.15, 0.2) is 0 Å². The van der Waals surface area contributed by atoms with Gasteiger partial charge in [0.25, 0.3) is 0 Å². The Morgan fingerprint density at radius 3 is 2.81 bits per heavy atom. The Labute approximate surface area is 98.4 Å². The third kappa shape index (κ3) is 1.86. The highest BCUT2D eigenvalue weighted by Crippen LogP contribution is 2.39. The molecule has 0 aromatic heterocycles. The van der Waals surface area contributed by atoms with Gasteiger partial charge in [-0.05, 0) is 31.6 Å². The van der Waals surface area contributed by atoms with E-state index < -0.39 is 0 Å². The summed E-state index contributed by atoms with van der Waals surface area (Å²) in [6.45, 7) is 3.84. The van der Waals surface area contributed by atoms with Gasteiger partial charge in [0.15, 0.2) is 0 Å². The molecule has 0 bridgehead atoms. The highest BCUT2D eigenvalue weighted by Gasteiger charge is 2.44. The SMILES string of the molecule is CC1CCCCC1(CN)N1CCCCC1=O. The number of carbonyl (C=O) groups is 1. The average molecular weight is 224 g/mol. The van der Waals surface area contributed by atoms with Crippen LogP contribution in [0.5, 0.6) is 0 Å². The van der Waals surface area contributed by atoms with Gasteiger partial charge >= 0.3 is 0 Å². The molecule has 3 heteroatoms. The lowest BCUT2D eigenvalue weighted by Gasteiger charge is -2.51. The van der Waals surface area contributed by atoms with Crippen LogP contribution in [0.3, 0.4) is 0 Å². The summed E-state index contributed by atoms with van der Waals surface area (Å²) in [5.41, 5.74) is 6.01. The second-order valence-corrected chi connectivity index (χ2v) is 5.46. The Kier molecular flexibility index (Phi) is 3.53. The summed E-state index contributed by atoms with van der Waals surface area (Å²) < 4.78 is 0. The summed E-state index contributed by atoms with van der Waals surface area (Å²) in [6.07, 6.45) is 7.80. The normalized spacial score (nSPS) is 36.5. The van der Waals surface area contributed by atoms with E-state index in [-0.39, 0.29) is 5.54 Å². The molecular weight excluding hydrogens is 200 g/mol. The van der Waals surface area contributed by atoms with Gasteiger partial charge in [0, 0.05) is 19.5 Å². The lowest BCUT2D eigenvalue weighted by atomic mass is 9.71. The molecule has 2 aliphatic rings. The molecule has 1 aliphatic carbocycles. The molecule has 1 amide bonds. The zero-order valence-electron chi connectivity index (χ0n) is 10.4. The quantitative estimate of drug-likeness (QED) is 0.778. The van der Waals surface area contributed by atoms with E-state index in [0.717, 1.165) is 32.2 Å². The zero-order valence-corrected chi connectivity index (χ0v) is 10.4. The number of rotatable bonds is 2. The van der Waals surface area contributed by atoms with Gasteiger partial charge in [-0.25, -0.2) is 0 Å². The van der Waals surface area contributed by atoms with Crippen molar-refractivity contribution in [2.24, 2.45) is 11.7 Å². The topological polar surface area (TPSA) is 46.3 Å². The summed E-state index contributed by atoms with van der Waals surface area (Å²) in [4.78, 5) is 14.2. The van der Waals surface area contributed by atoms with Crippen molar-refractivity contribution in [3.8, 4) is 0 Å².